The van der Waals surface area contributed by atoms with Gasteiger partial charge in [-0.1, -0.05) is 12.8 Å². The molecular formula is C12H18BrNO3S2. The number of aliphatic hydroxyl groups excluding tert-OH is 1. The number of nitrogens with zero attached hydrogens (tertiary/aromatic N) is 1. The van der Waals surface area contributed by atoms with E-state index >= 15 is 0 Å². The van der Waals surface area contributed by atoms with Crippen LogP contribution in [0.25, 0.3) is 0 Å². The fourth-order valence-electron chi connectivity index (χ4n) is 2.46. The fraction of sp³-hybridized carbons (Fsp3) is 0.667. The highest BCUT2D eigenvalue weighted by Gasteiger charge is 2.34. The molecule has 1 fully saturated rings. The molecule has 2 rings (SSSR count). The van der Waals surface area contributed by atoms with E-state index in [-0.39, 0.29) is 19.2 Å². The van der Waals surface area contributed by atoms with Crippen LogP contribution in [0.5, 0.6) is 0 Å². The van der Waals surface area contributed by atoms with E-state index in [2.05, 4.69) is 15.9 Å². The quantitative estimate of drug-likeness (QED) is 0.870. The molecule has 0 aliphatic heterocycles. The van der Waals surface area contributed by atoms with Gasteiger partial charge in [0, 0.05) is 12.6 Å². The molecule has 1 aromatic rings. The van der Waals surface area contributed by atoms with Crippen molar-refractivity contribution in [1.29, 1.82) is 0 Å². The molecule has 0 bridgehead atoms. The highest BCUT2D eigenvalue weighted by molar-refractivity contribution is 9.11. The van der Waals surface area contributed by atoms with Crippen LogP contribution >= 0.6 is 27.3 Å². The van der Waals surface area contributed by atoms with Crippen LogP contribution < -0.4 is 0 Å². The predicted octanol–water partition coefficient (Wildman–Crippen LogP) is 2.74. The van der Waals surface area contributed by atoms with Crippen molar-refractivity contribution < 1.29 is 13.5 Å². The number of aryl methyl sites for hydroxylation is 1. The first-order chi connectivity index (χ1) is 8.96. The summed E-state index contributed by atoms with van der Waals surface area (Å²) in [4.78, 5) is 0. The zero-order valence-electron chi connectivity index (χ0n) is 10.8. The molecular weight excluding hydrogens is 350 g/mol. The van der Waals surface area contributed by atoms with Crippen molar-refractivity contribution in [2.75, 3.05) is 13.2 Å². The van der Waals surface area contributed by atoms with E-state index in [1.165, 1.54) is 15.6 Å². The van der Waals surface area contributed by atoms with Gasteiger partial charge < -0.3 is 5.11 Å². The molecule has 0 saturated heterocycles. The number of aliphatic hydroxyl groups is 1. The van der Waals surface area contributed by atoms with Crippen LogP contribution in [0.3, 0.4) is 0 Å². The first kappa shape index (κ1) is 15.4. The van der Waals surface area contributed by atoms with Crippen LogP contribution in [-0.4, -0.2) is 37.0 Å². The lowest BCUT2D eigenvalue weighted by atomic mass is 10.2. The number of halogens is 1. The van der Waals surface area contributed by atoms with E-state index in [0.717, 1.165) is 35.0 Å². The number of hydrogen-bond donors (Lipinski definition) is 1. The van der Waals surface area contributed by atoms with Gasteiger partial charge in [-0.3, -0.25) is 0 Å². The Labute approximate surface area is 126 Å². The molecule has 108 valence electrons. The minimum Gasteiger partial charge on any atom is -0.395 e. The number of hydrogen-bond acceptors (Lipinski definition) is 4. The maximum absolute atomic E-state index is 12.7. The normalized spacial score (nSPS) is 17.5. The Kier molecular flexibility index (Phi) is 5.05. The lowest BCUT2D eigenvalue weighted by molar-refractivity contribution is 0.226. The average molecular weight is 368 g/mol. The van der Waals surface area contributed by atoms with E-state index in [4.69, 9.17) is 5.11 Å². The summed E-state index contributed by atoms with van der Waals surface area (Å²) in [6.45, 7) is 1.92. The van der Waals surface area contributed by atoms with Crippen molar-refractivity contribution in [2.45, 2.75) is 42.9 Å². The minimum absolute atomic E-state index is 0.0401. The molecule has 1 heterocycles. The summed E-state index contributed by atoms with van der Waals surface area (Å²) in [6.07, 6.45) is 3.92. The Morgan fingerprint density at radius 2 is 2.11 bits per heavy atom. The van der Waals surface area contributed by atoms with E-state index in [1.807, 2.05) is 6.92 Å². The minimum atomic E-state index is -3.49. The third-order valence-electron chi connectivity index (χ3n) is 3.45. The van der Waals surface area contributed by atoms with Gasteiger partial charge in [0.2, 0.25) is 0 Å². The van der Waals surface area contributed by atoms with Gasteiger partial charge >= 0.3 is 0 Å². The van der Waals surface area contributed by atoms with E-state index in [0.29, 0.717) is 4.21 Å². The maximum atomic E-state index is 12.7. The van der Waals surface area contributed by atoms with Crippen LogP contribution in [0, 0.1) is 6.92 Å². The summed E-state index contributed by atoms with van der Waals surface area (Å²) >= 11 is 4.61. The molecule has 1 saturated carbocycles. The lowest BCUT2D eigenvalue weighted by Gasteiger charge is -2.26. The number of thiophene rings is 1. The van der Waals surface area contributed by atoms with Gasteiger partial charge in [0.1, 0.15) is 4.21 Å². The van der Waals surface area contributed by atoms with Crippen molar-refractivity contribution >= 4 is 37.3 Å². The van der Waals surface area contributed by atoms with Crippen LogP contribution in [0.1, 0.15) is 31.2 Å². The monoisotopic (exact) mass is 367 g/mol. The third-order valence-corrected chi connectivity index (χ3v) is 7.99. The van der Waals surface area contributed by atoms with Crippen molar-refractivity contribution in [2.24, 2.45) is 0 Å². The molecule has 1 aliphatic rings. The summed E-state index contributed by atoms with van der Waals surface area (Å²) < 4.78 is 28.0. The van der Waals surface area contributed by atoms with E-state index in [9.17, 15) is 8.42 Å². The Bertz CT molecular complexity index is 516. The van der Waals surface area contributed by atoms with E-state index < -0.39 is 10.0 Å². The van der Waals surface area contributed by atoms with Crippen LogP contribution in [0.15, 0.2) is 14.1 Å². The SMILES string of the molecule is Cc1cc(S(=O)(=O)N(CCO)C2CCCC2)sc1Br. The largest absolute Gasteiger partial charge is 0.395 e. The Balaban J connectivity index is 2.33. The summed E-state index contributed by atoms with van der Waals surface area (Å²) in [7, 11) is -3.49. The van der Waals surface area contributed by atoms with Gasteiger partial charge in [-0.25, -0.2) is 8.42 Å². The van der Waals surface area contributed by atoms with Gasteiger partial charge in [-0.2, -0.15) is 4.31 Å². The molecule has 0 unspecified atom stereocenters. The molecule has 0 spiro atoms. The second-order valence-electron chi connectivity index (χ2n) is 4.80. The maximum Gasteiger partial charge on any atom is 0.252 e. The van der Waals surface area contributed by atoms with Gasteiger partial charge in [0.25, 0.3) is 10.0 Å². The fourth-order valence-corrected chi connectivity index (χ4v) is 6.50. The van der Waals surface area contributed by atoms with Gasteiger partial charge in [0.15, 0.2) is 0 Å². The van der Waals surface area contributed by atoms with Crippen molar-refractivity contribution in [3.8, 4) is 0 Å². The Morgan fingerprint density at radius 3 is 2.58 bits per heavy atom. The molecule has 1 aromatic heterocycles. The number of sulfonamides is 1. The summed E-state index contributed by atoms with van der Waals surface area (Å²) in [6, 6.07) is 1.74. The first-order valence-electron chi connectivity index (χ1n) is 6.35. The average Bonchev–Trinajstić information content (AvgIpc) is 2.97. The molecule has 0 atom stereocenters. The predicted molar refractivity (Wildman–Crippen MR) is 80.0 cm³/mol. The van der Waals surface area contributed by atoms with E-state index in [1.54, 1.807) is 6.07 Å². The topological polar surface area (TPSA) is 57.6 Å². The zero-order valence-corrected chi connectivity index (χ0v) is 14.0. The number of rotatable bonds is 5. The second-order valence-corrected chi connectivity index (χ2v) is 9.29. The highest BCUT2D eigenvalue weighted by atomic mass is 79.9. The van der Waals surface area contributed by atoms with Crippen LogP contribution in [0.2, 0.25) is 0 Å². The van der Waals surface area contributed by atoms with Gasteiger partial charge in [0.05, 0.1) is 10.4 Å². The molecule has 0 aromatic carbocycles. The van der Waals surface area contributed by atoms with Crippen LogP contribution in [0.4, 0.5) is 0 Å². The van der Waals surface area contributed by atoms with Gasteiger partial charge in [-0.15, -0.1) is 11.3 Å². The highest BCUT2D eigenvalue weighted by Crippen LogP contribution is 2.35. The van der Waals surface area contributed by atoms with Gasteiger partial charge in [-0.05, 0) is 47.3 Å². The molecule has 7 heteroatoms. The first-order valence-corrected chi connectivity index (χ1v) is 9.40. The lowest BCUT2D eigenvalue weighted by Crippen LogP contribution is -2.40. The molecule has 0 amide bonds. The van der Waals surface area contributed by atoms with Crippen molar-refractivity contribution in [3.63, 3.8) is 0 Å². The van der Waals surface area contributed by atoms with Crippen LogP contribution in [-0.2, 0) is 10.0 Å². The standard InChI is InChI=1S/C12H18BrNO3S2/c1-9-8-11(18-12(9)13)19(16,17)14(6-7-15)10-4-2-3-5-10/h8,10,15H,2-7H2,1H3. The molecule has 4 nitrogen and oxygen atoms in total. The third kappa shape index (κ3) is 3.21. The summed E-state index contributed by atoms with van der Waals surface area (Å²) in [5, 5.41) is 9.16. The van der Waals surface area contributed by atoms with Crippen molar-refractivity contribution in [3.05, 3.63) is 15.4 Å². The second kappa shape index (κ2) is 6.22. The smallest absolute Gasteiger partial charge is 0.252 e. The molecule has 0 radical (unpaired) electrons. The summed E-state index contributed by atoms with van der Waals surface area (Å²) in [5.41, 5.74) is 0.930. The zero-order chi connectivity index (χ0) is 14.0. The van der Waals surface area contributed by atoms with Crippen molar-refractivity contribution in [1.82, 2.24) is 4.31 Å². The molecule has 1 aliphatic carbocycles. The molecule has 19 heavy (non-hydrogen) atoms. The Morgan fingerprint density at radius 1 is 1.47 bits per heavy atom. The summed E-state index contributed by atoms with van der Waals surface area (Å²) in [5.74, 6) is 0. The molecule has 1 N–H and O–H groups in total. The Hall–Kier alpha value is 0.0500.